The normalized spacial score (nSPS) is 10.9. The number of hydrogen-bond acceptors (Lipinski definition) is 5. The van der Waals surface area contributed by atoms with Crippen molar-refractivity contribution in [3.8, 4) is 11.3 Å². The average molecular weight is 349 g/mol. The average Bonchev–Trinajstić information content (AvgIpc) is 3.28. The van der Waals surface area contributed by atoms with Gasteiger partial charge in [0, 0.05) is 37.1 Å². The lowest BCUT2D eigenvalue weighted by molar-refractivity contribution is 0.0951. The van der Waals surface area contributed by atoms with E-state index in [1.54, 1.807) is 28.7 Å². The van der Waals surface area contributed by atoms with Gasteiger partial charge in [-0.05, 0) is 29.8 Å². The molecule has 124 valence electrons. The van der Waals surface area contributed by atoms with Gasteiger partial charge < -0.3 is 5.32 Å². The molecule has 0 aliphatic rings. The molecule has 0 unspecified atom stereocenters. The summed E-state index contributed by atoms with van der Waals surface area (Å²) in [6.45, 7) is 0.400. The van der Waals surface area contributed by atoms with Gasteiger partial charge in [-0.15, -0.1) is 11.3 Å². The first kappa shape index (κ1) is 15.5. The van der Waals surface area contributed by atoms with Crippen LogP contribution >= 0.6 is 11.3 Å². The standard InChI is InChI=1S/C18H15N5OS/c1-23-10-14(9-22-23)17-13(3-2-6-19-17)8-20-18(24)12-4-5-15-16(7-12)25-11-21-15/h2-7,9-11H,8H2,1H3,(H,20,24). The lowest BCUT2D eigenvalue weighted by Gasteiger charge is -2.09. The maximum absolute atomic E-state index is 12.5. The van der Waals surface area contributed by atoms with E-state index in [-0.39, 0.29) is 5.91 Å². The Morgan fingerprint density at radius 2 is 2.20 bits per heavy atom. The van der Waals surface area contributed by atoms with E-state index in [0.717, 1.165) is 27.0 Å². The molecule has 1 amide bonds. The quantitative estimate of drug-likeness (QED) is 0.615. The van der Waals surface area contributed by atoms with Gasteiger partial charge in [-0.1, -0.05) is 6.07 Å². The van der Waals surface area contributed by atoms with Crippen molar-refractivity contribution in [3.05, 3.63) is 65.6 Å². The van der Waals surface area contributed by atoms with Crippen molar-refractivity contribution in [1.29, 1.82) is 0 Å². The number of benzene rings is 1. The van der Waals surface area contributed by atoms with Gasteiger partial charge >= 0.3 is 0 Å². The summed E-state index contributed by atoms with van der Waals surface area (Å²) < 4.78 is 2.74. The Kier molecular flexibility index (Phi) is 3.99. The number of thiazole rings is 1. The highest BCUT2D eigenvalue weighted by atomic mass is 32.1. The third-order valence-electron chi connectivity index (χ3n) is 3.90. The number of fused-ring (bicyclic) bond motifs is 1. The van der Waals surface area contributed by atoms with Gasteiger partial charge in [0.05, 0.1) is 27.6 Å². The van der Waals surface area contributed by atoms with E-state index in [1.165, 1.54) is 11.3 Å². The van der Waals surface area contributed by atoms with Gasteiger partial charge in [0.1, 0.15) is 0 Å². The van der Waals surface area contributed by atoms with Crippen molar-refractivity contribution in [2.45, 2.75) is 6.54 Å². The highest BCUT2D eigenvalue weighted by Crippen LogP contribution is 2.21. The highest BCUT2D eigenvalue weighted by molar-refractivity contribution is 7.16. The molecular weight excluding hydrogens is 334 g/mol. The number of pyridine rings is 1. The summed E-state index contributed by atoms with van der Waals surface area (Å²) in [5.41, 5.74) is 6.02. The topological polar surface area (TPSA) is 72.7 Å². The summed E-state index contributed by atoms with van der Waals surface area (Å²) >= 11 is 1.53. The third-order valence-corrected chi connectivity index (χ3v) is 4.69. The van der Waals surface area contributed by atoms with Crippen LogP contribution in [0.5, 0.6) is 0 Å². The third kappa shape index (κ3) is 3.14. The summed E-state index contributed by atoms with van der Waals surface area (Å²) in [6, 6.07) is 9.36. The summed E-state index contributed by atoms with van der Waals surface area (Å²) in [4.78, 5) is 21.1. The molecule has 0 bridgehead atoms. The minimum Gasteiger partial charge on any atom is -0.348 e. The summed E-state index contributed by atoms with van der Waals surface area (Å²) in [5.74, 6) is -0.115. The molecule has 4 rings (SSSR count). The lowest BCUT2D eigenvalue weighted by Crippen LogP contribution is -2.23. The Morgan fingerprint density at radius 3 is 3.04 bits per heavy atom. The Labute approximate surface area is 148 Å². The van der Waals surface area contributed by atoms with Gasteiger partial charge in [0.15, 0.2) is 0 Å². The van der Waals surface area contributed by atoms with Crippen LogP contribution in [0.1, 0.15) is 15.9 Å². The second kappa shape index (κ2) is 6.45. The SMILES string of the molecule is Cn1cc(-c2ncccc2CNC(=O)c2ccc3ncsc3c2)cn1. The van der Waals surface area contributed by atoms with Crippen molar-refractivity contribution in [1.82, 2.24) is 25.1 Å². The molecule has 0 saturated carbocycles. The van der Waals surface area contributed by atoms with E-state index in [4.69, 9.17) is 0 Å². The molecule has 7 heteroatoms. The first-order valence-corrected chi connectivity index (χ1v) is 8.63. The molecular formula is C18H15N5OS. The molecule has 0 aliphatic carbocycles. The van der Waals surface area contributed by atoms with Crippen LogP contribution in [0.4, 0.5) is 0 Å². The van der Waals surface area contributed by atoms with Gasteiger partial charge in [-0.2, -0.15) is 5.10 Å². The largest absolute Gasteiger partial charge is 0.348 e. The zero-order valence-corrected chi connectivity index (χ0v) is 14.3. The fourth-order valence-electron chi connectivity index (χ4n) is 2.66. The second-order valence-electron chi connectivity index (χ2n) is 5.63. The lowest BCUT2D eigenvalue weighted by atomic mass is 10.1. The number of rotatable bonds is 4. The van der Waals surface area contributed by atoms with Crippen LogP contribution in [0.25, 0.3) is 21.5 Å². The van der Waals surface area contributed by atoms with Crippen LogP contribution in [0.15, 0.2) is 54.4 Å². The van der Waals surface area contributed by atoms with Crippen molar-refractivity contribution in [2.75, 3.05) is 0 Å². The van der Waals surface area contributed by atoms with Crippen molar-refractivity contribution < 1.29 is 4.79 Å². The van der Waals surface area contributed by atoms with Crippen LogP contribution in [0.3, 0.4) is 0 Å². The van der Waals surface area contributed by atoms with Crippen LogP contribution in [-0.2, 0) is 13.6 Å². The molecule has 1 aromatic carbocycles. The van der Waals surface area contributed by atoms with E-state index in [1.807, 2.05) is 37.5 Å². The molecule has 6 nitrogen and oxygen atoms in total. The molecule has 0 atom stereocenters. The molecule has 0 radical (unpaired) electrons. The minimum absolute atomic E-state index is 0.115. The smallest absolute Gasteiger partial charge is 0.251 e. The van der Waals surface area contributed by atoms with E-state index in [9.17, 15) is 4.79 Å². The molecule has 4 aromatic rings. The van der Waals surface area contributed by atoms with Crippen molar-refractivity contribution >= 4 is 27.5 Å². The fourth-order valence-corrected chi connectivity index (χ4v) is 3.37. The Hall–Kier alpha value is -3.06. The zero-order valence-electron chi connectivity index (χ0n) is 13.5. The summed E-state index contributed by atoms with van der Waals surface area (Å²) in [7, 11) is 1.86. The number of carbonyl (C=O) groups excluding carboxylic acids is 1. The number of carbonyl (C=O) groups is 1. The summed E-state index contributed by atoms with van der Waals surface area (Å²) in [6.07, 6.45) is 5.42. The number of nitrogens with zero attached hydrogens (tertiary/aromatic N) is 4. The first-order valence-electron chi connectivity index (χ1n) is 7.75. The number of hydrogen-bond donors (Lipinski definition) is 1. The van der Waals surface area contributed by atoms with Crippen LogP contribution in [-0.4, -0.2) is 25.7 Å². The van der Waals surface area contributed by atoms with Crippen LogP contribution < -0.4 is 5.32 Å². The maximum Gasteiger partial charge on any atom is 0.251 e. The molecule has 0 aliphatic heterocycles. The molecule has 0 fully saturated rings. The van der Waals surface area contributed by atoms with Gasteiger partial charge in [0.2, 0.25) is 0 Å². The van der Waals surface area contributed by atoms with E-state index in [2.05, 4.69) is 20.4 Å². The van der Waals surface area contributed by atoms with E-state index in [0.29, 0.717) is 12.1 Å². The molecule has 1 N–H and O–H groups in total. The van der Waals surface area contributed by atoms with Gasteiger partial charge in [-0.3, -0.25) is 14.5 Å². The predicted molar refractivity (Wildman–Crippen MR) is 97.2 cm³/mol. The number of aromatic nitrogens is 4. The Balaban J connectivity index is 1.54. The summed E-state index contributed by atoms with van der Waals surface area (Å²) in [5, 5.41) is 7.15. The van der Waals surface area contributed by atoms with Gasteiger partial charge in [-0.25, -0.2) is 4.98 Å². The maximum atomic E-state index is 12.5. The predicted octanol–water partition coefficient (Wildman–Crippen LogP) is 3.02. The Bertz CT molecular complexity index is 1050. The highest BCUT2D eigenvalue weighted by Gasteiger charge is 2.11. The van der Waals surface area contributed by atoms with E-state index < -0.39 is 0 Å². The second-order valence-corrected chi connectivity index (χ2v) is 6.52. The molecule has 25 heavy (non-hydrogen) atoms. The van der Waals surface area contributed by atoms with Crippen LogP contribution in [0, 0.1) is 0 Å². The fraction of sp³-hybridized carbons (Fsp3) is 0.111. The van der Waals surface area contributed by atoms with E-state index >= 15 is 0 Å². The molecule has 3 heterocycles. The molecule has 0 saturated heterocycles. The molecule has 0 spiro atoms. The minimum atomic E-state index is -0.115. The Morgan fingerprint density at radius 1 is 1.28 bits per heavy atom. The monoisotopic (exact) mass is 349 g/mol. The van der Waals surface area contributed by atoms with Gasteiger partial charge in [0.25, 0.3) is 5.91 Å². The number of amides is 1. The first-order chi connectivity index (χ1) is 12.2. The number of nitrogens with one attached hydrogen (secondary N) is 1. The van der Waals surface area contributed by atoms with Crippen molar-refractivity contribution in [2.24, 2.45) is 7.05 Å². The zero-order chi connectivity index (χ0) is 17.2. The van der Waals surface area contributed by atoms with Crippen LogP contribution in [0.2, 0.25) is 0 Å². The molecule has 3 aromatic heterocycles. The van der Waals surface area contributed by atoms with Crippen molar-refractivity contribution in [3.63, 3.8) is 0 Å². The number of aryl methyl sites for hydroxylation is 1.